The van der Waals surface area contributed by atoms with Crippen LogP contribution >= 0.6 is 11.6 Å². The first-order valence-corrected chi connectivity index (χ1v) is 10.3. The van der Waals surface area contributed by atoms with Gasteiger partial charge < -0.3 is 15.1 Å². The third kappa shape index (κ3) is 5.27. The number of nitrogens with zero attached hydrogens (tertiary/aromatic N) is 3. The smallest absolute Gasteiger partial charge is 0.193 e. The van der Waals surface area contributed by atoms with E-state index in [-0.39, 0.29) is 11.5 Å². The van der Waals surface area contributed by atoms with E-state index in [9.17, 15) is 8.42 Å². The number of nitrogens with one attached hydrogen (secondary N) is 1. The Bertz CT molecular complexity index is 670. The maximum atomic E-state index is 11.6. The van der Waals surface area contributed by atoms with Crippen molar-refractivity contribution in [3.8, 4) is 0 Å². The van der Waals surface area contributed by atoms with Gasteiger partial charge in [-0.15, -0.1) is 0 Å². The number of aliphatic imine (C=N–C) groups is 1. The maximum absolute atomic E-state index is 11.6. The molecule has 0 atom stereocenters. The van der Waals surface area contributed by atoms with Crippen molar-refractivity contribution in [2.45, 2.75) is 6.92 Å². The number of sulfone groups is 1. The minimum absolute atomic E-state index is 0.130. The highest BCUT2D eigenvalue weighted by atomic mass is 35.5. The third-order valence-electron chi connectivity index (χ3n) is 4.10. The Labute approximate surface area is 149 Å². The van der Waals surface area contributed by atoms with Crippen LogP contribution in [0.4, 0.5) is 5.69 Å². The average Bonchev–Trinajstić information content (AvgIpc) is 2.59. The molecule has 134 valence electrons. The lowest BCUT2D eigenvalue weighted by molar-refractivity contribution is 0.373. The summed E-state index contributed by atoms with van der Waals surface area (Å²) in [6.07, 6.45) is 0. The van der Waals surface area contributed by atoms with Gasteiger partial charge in [0.1, 0.15) is 0 Å². The summed E-state index contributed by atoms with van der Waals surface area (Å²) >= 11 is 6.06. The lowest BCUT2D eigenvalue weighted by atomic mass is 10.2. The zero-order valence-corrected chi connectivity index (χ0v) is 15.8. The van der Waals surface area contributed by atoms with Gasteiger partial charge in [0.25, 0.3) is 0 Å². The summed E-state index contributed by atoms with van der Waals surface area (Å²) in [5, 5.41) is 3.89. The molecular formula is C16H25ClN4O2S. The minimum Gasteiger partial charge on any atom is -0.368 e. The van der Waals surface area contributed by atoms with Crippen molar-refractivity contribution in [1.82, 2.24) is 10.2 Å². The normalized spacial score (nSPS) is 16.4. The van der Waals surface area contributed by atoms with E-state index in [4.69, 9.17) is 11.6 Å². The molecule has 1 aliphatic heterocycles. The molecule has 1 aliphatic rings. The zero-order chi connectivity index (χ0) is 17.6. The number of anilines is 1. The van der Waals surface area contributed by atoms with Crippen LogP contribution in [0.1, 0.15) is 6.92 Å². The molecule has 1 heterocycles. The van der Waals surface area contributed by atoms with Gasteiger partial charge in [-0.05, 0) is 18.2 Å². The van der Waals surface area contributed by atoms with Crippen LogP contribution in [0.25, 0.3) is 0 Å². The molecule has 2 rings (SSSR count). The van der Waals surface area contributed by atoms with E-state index in [1.807, 2.05) is 18.2 Å². The largest absolute Gasteiger partial charge is 0.368 e. The van der Waals surface area contributed by atoms with E-state index in [0.717, 1.165) is 42.8 Å². The topological polar surface area (TPSA) is 65.0 Å². The first-order valence-electron chi connectivity index (χ1n) is 8.11. The van der Waals surface area contributed by atoms with Crippen LogP contribution in [0.15, 0.2) is 29.3 Å². The molecule has 1 fully saturated rings. The fraction of sp³-hybridized carbons (Fsp3) is 0.562. The van der Waals surface area contributed by atoms with Crippen molar-refractivity contribution >= 4 is 33.1 Å². The molecule has 0 aliphatic carbocycles. The van der Waals surface area contributed by atoms with Crippen LogP contribution in [0.3, 0.4) is 0 Å². The molecule has 1 aromatic carbocycles. The lowest BCUT2D eigenvalue weighted by Gasteiger charge is -2.37. The molecule has 0 radical (unpaired) electrons. The Morgan fingerprint density at radius 2 is 2.00 bits per heavy atom. The van der Waals surface area contributed by atoms with E-state index >= 15 is 0 Å². The second-order valence-electron chi connectivity index (χ2n) is 5.66. The molecule has 0 unspecified atom stereocenters. The SMILES string of the molecule is CCS(=O)(=O)CCNC(=NC)N1CCN(c2cccc(Cl)c2)CC1. The van der Waals surface area contributed by atoms with E-state index in [1.54, 1.807) is 14.0 Å². The summed E-state index contributed by atoms with van der Waals surface area (Å²) in [6, 6.07) is 7.86. The maximum Gasteiger partial charge on any atom is 0.193 e. The van der Waals surface area contributed by atoms with Crippen molar-refractivity contribution in [3.63, 3.8) is 0 Å². The standard InChI is InChI=1S/C16H25ClN4O2S/c1-3-24(22,23)12-7-19-16(18-2)21-10-8-20(9-11-21)15-6-4-5-14(17)13-15/h4-6,13H,3,7-12H2,1-2H3,(H,18,19). The monoisotopic (exact) mass is 372 g/mol. The van der Waals surface area contributed by atoms with Gasteiger partial charge in [0.2, 0.25) is 0 Å². The molecule has 0 amide bonds. The molecule has 0 spiro atoms. The first-order chi connectivity index (χ1) is 11.4. The number of benzene rings is 1. The van der Waals surface area contributed by atoms with Gasteiger partial charge in [0, 0.05) is 56.2 Å². The number of hydrogen-bond donors (Lipinski definition) is 1. The van der Waals surface area contributed by atoms with Crippen molar-refractivity contribution in [3.05, 3.63) is 29.3 Å². The number of rotatable bonds is 5. The molecule has 1 N–H and O–H groups in total. The van der Waals surface area contributed by atoms with Crippen molar-refractivity contribution < 1.29 is 8.42 Å². The molecule has 24 heavy (non-hydrogen) atoms. The highest BCUT2D eigenvalue weighted by Gasteiger charge is 2.20. The van der Waals surface area contributed by atoms with Gasteiger partial charge in [0.15, 0.2) is 15.8 Å². The summed E-state index contributed by atoms with van der Waals surface area (Å²) in [7, 11) is -1.24. The summed E-state index contributed by atoms with van der Waals surface area (Å²) in [4.78, 5) is 8.71. The Kier molecular flexibility index (Phi) is 6.74. The minimum atomic E-state index is -2.96. The number of piperazine rings is 1. The van der Waals surface area contributed by atoms with Crippen LogP contribution in [-0.4, -0.2) is 70.6 Å². The summed E-state index contributed by atoms with van der Waals surface area (Å²) in [6.45, 7) is 5.44. The Balaban J connectivity index is 1.86. The second-order valence-corrected chi connectivity index (χ2v) is 8.57. The van der Waals surface area contributed by atoms with E-state index < -0.39 is 9.84 Å². The summed E-state index contributed by atoms with van der Waals surface area (Å²) in [5.41, 5.74) is 1.12. The third-order valence-corrected chi connectivity index (χ3v) is 6.04. The second kappa shape index (κ2) is 8.58. The average molecular weight is 373 g/mol. The van der Waals surface area contributed by atoms with Gasteiger partial charge in [-0.25, -0.2) is 8.42 Å². The quantitative estimate of drug-likeness (QED) is 0.626. The van der Waals surface area contributed by atoms with Crippen LogP contribution < -0.4 is 10.2 Å². The molecule has 1 aromatic rings. The molecule has 1 saturated heterocycles. The summed E-state index contributed by atoms with van der Waals surface area (Å²) < 4.78 is 23.1. The highest BCUT2D eigenvalue weighted by Crippen LogP contribution is 2.20. The van der Waals surface area contributed by atoms with E-state index in [1.165, 1.54) is 0 Å². The molecule has 0 bridgehead atoms. The van der Waals surface area contributed by atoms with Crippen molar-refractivity contribution in [2.24, 2.45) is 4.99 Å². The van der Waals surface area contributed by atoms with Crippen molar-refractivity contribution in [2.75, 3.05) is 56.2 Å². The first kappa shape index (κ1) is 18.9. The van der Waals surface area contributed by atoms with E-state index in [0.29, 0.717) is 6.54 Å². The summed E-state index contributed by atoms with van der Waals surface area (Å²) in [5.74, 6) is 1.06. The molecular weight excluding hydrogens is 348 g/mol. The predicted octanol–water partition coefficient (Wildman–Crippen LogP) is 1.47. The van der Waals surface area contributed by atoms with Gasteiger partial charge in [-0.1, -0.05) is 24.6 Å². The Morgan fingerprint density at radius 1 is 1.29 bits per heavy atom. The van der Waals surface area contributed by atoms with Gasteiger partial charge in [0.05, 0.1) is 5.75 Å². The van der Waals surface area contributed by atoms with E-state index in [2.05, 4.69) is 26.2 Å². The molecule has 0 saturated carbocycles. The molecule has 6 nitrogen and oxygen atoms in total. The number of hydrogen-bond acceptors (Lipinski definition) is 4. The number of halogens is 1. The molecule has 0 aromatic heterocycles. The predicted molar refractivity (Wildman–Crippen MR) is 101 cm³/mol. The fourth-order valence-electron chi connectivity index (χ4n) is 2.64. The van der Waals surface area contributed by atoms with Crippen molar-refractivity contribution in [1.29, 1.82) is 0 Å². The Morgan fingerprint density at radius 3 is 2.58 bits per heavy atom. The fourth-order valence-corrected chi connectivity index (χ4v) is 3.53. The highest BCUT2D eigenvalue weighted by molar-refractivity contribution is 7.91. The van der Waals surface area contributed by atoms with Gasteiger partial charge in [-0.3, -0.25) is 4.99 Å². The van der Waals surface area contributed by atoms with Crippen LogP contribution in [0.5, 0.6) is 0 Å². The van der Waals surface area contributed by atoms with Gasteiger partial charge >= 0.3 is 0 Å². The number of guanidine groups is 1. The van der Waals surface area contributed by atoms with Gasteiger partial charge in [-0.2, -0.15) is 0 Å². The lowest BCUT2D eigenvalue weighted by Crippen LogP contribution is -2.53. The Hall–Kier alpha value is -1.47. The zero-order valence-electron chi connectivity index (χ0n) is 14.2. The van der Waals surface area contributed by atoms with Crippen LogP contribution in [0, 0.1) is 0 Å². The molecule has 8 heteroatoms. The van der Waals surface area contributed by atoms with Crippen LogP contribution in [-0.2, 0) is 9.84 Å². The van der Waals surface area contributed by atoms with Crippen LogP contribution in [0.2, 0.25) is 5.02 Å².